The molecule has 6 heteroatoms. The summed E-state index contributed by atoms with van der Waals surface area (Å²) in [5.74, 6) is 1.22. The van der Waals surface area contributed by atoms with Gasteiger partial charge in [0.25, 0.3) is 0 Å². The molecule has 0 aliphatic carbocycles. The van der Waals surface area contributed by atoms with Crippen LogP contribution in [0.25, 0.3) is 0 Å². The van der Waals surface area contributed by atoms with Gasteiger partial charge < -0.3 is 10.6 Å². The number of aromatic nitrogens is 3. The smallest absolute Gasteiger partial charge is 0.239 e. The lowest BCUT2D eigenvalue weighted by molar-refractivity contribution is -0.131. The highest BCUT2D eigenvalue weighted by Crippen LogP contribution is 1.98. The Morgan fingerprint density at radius 1 is 1.71 bits per heavy atom. The summed E-state index contributed by atoms with van der Waals surface area (Å²) in [6.07, 6.45) is 0. The van der Waals surface area contributed by atoms with E-state index in [0.717, 1.165) is 5.82 Å². The zero-order valence-electron chi connectivity index (χ0n) is 8.61. The molecule has 1 rings (SSSR count). The lowest BCUT2D eigenvalue weighted by Gasteiger charge is -2.17. The molecule has 0 bridgehead atoms. The fraction of sp³-hybridized carbons (Fsp3) is 0.625. The van der Waals surface area contributed by atoms with Gasteiger partial charge in [0.05, 0.1) is 12.6 Å². The van der Waals surface area contributed by atoms with Crippen LogP contribution in [-0.2, 0) is 11.3 Å². The van der Waals surface area contributed by atoms with Gasteiger partial charge in [-0.1, -0.05) is 0 Å². The summed E-state index contributed by atoms with van der Waals surface area (Å²) in [6.45, 7) is 3.84. The Balaban J connectivity index is 2.57. The van der Waals surface area contributed by atoms with Gasteiger partial charge in [-0.05, 0) is 13.8 Å². The van der Waals surface area contributed by atoms with Crippen molar-refractivity contribution in [2.24, 2.45) is 5.73 Å². The van der Waals surface area contributed by atoms with Crippen LogP contribution in [0.1, 0.15) is 18.6 Å². The van der Waals surface area contributed by atoms with Crippen LogP contribution < -0.4 is 5.73 Å². The first-order valence-electron chi connectivity index (χ1n) is 4.39. The van der Waals surface area contributed by atoms with E-state index in [1.54, 1.807) is 14.0 Å². The summed E-state index contributed by atoms with van der Waals surface area (Å²) >= 11 is 0. The predicted octanol–water partition coefficient (Wildman–Crippen LogP) is -0.581. The zero-order valence-corrected chi connectivity index (χ0v) is 8.61. The highest BCUT2D eigenvalue weighted by molar-refractivity contribution is 5.80. The van der Waals surface area contributed by atoms with E-state index in [2.05, 4.69) is 15.2 Å². The van der Waals surface area contributed by atoms with E-state index in [9.17, 15) is 4.79 Å². The molecule has 0 saturated heterocycles. The largest absolute Gasteiger partial charge is 0.337 e. The first-order valence-corrected chi connectivity index (χ1v) is 4.39. The monoisotopic (exact) mass is 197 g/mol. The molecule has 0 aliphatic heterocycles. The lowest BCUT2D eigenvalue weighted by atomic mass is 10.3. The second-order valence-corrected chi connectivity index (χ2v) is 3.32. The number of amides is 1. The second kappa shape index (κ2) is 4.19. The molecule has 0 aromatic carbocycles. The molecule has 14 heavy (non-hydrogen) atoms. The van der Waals surface area contributed by atoms with Crippen LogP contribution in [0.4, 0.5) is 0 Å². The van der Waals surface area contributed by atoms with Gasteiger partial charge >= 0.3 is 0 Å². The Labute approximate surface area is 82.5 Å². The average Bonchev–Trinajstić information content (AvgIpc) is 2.49. The molecule has 1 atom stereocenters. The summed E-state index contributed by atoms with van der Waals surface area (Å²) in [4.78, 5) is 17.0. The van der Waals surface area contributed by atoms with Crippen molar-refractivity contribution >= 4 is 5.91 Å². The van der Waals surface area contributed by atoms with E-state index in [1.807, 2.05) is 6.92 Å². The number of likely N-dealkylation sites (N-methyl/N-ethyl adjacent to an activating group) is 1. The number of H-pyrrole nitrogens is 1. The SMILES string of the molecule is Cc1nc(CN(C)C(=O)[C@@H](C)N)n[nH]1. The number of nitrogens with zero attached hydrogens (tertiary/aromatic N) is 3. The summed E-state index contributed by atoms with van der Waals surface area (Å²) < 4.78 is 0. The van der Waals surface area contributed by atoms with Crippen molar-refractivity contribution in [1.29, 1.82) is 0 Å². The average molecular weight is 197 g/mol. The number of carbonyl (C=O) groups is 1. The van der Waals surface area contributed by atoms with Crippen LogP contribution in [0.15, 0.2) is 0 Å². The number of nitrogens with one attached hydrogen (secondary N) is 1. The third-order valence-corrected chi connectivity index (χ3v) is 1.79. The van der Waals surface area contributed by atoms with Gasteiger partial charge in [-0.25, -0.2) is 4.98 Å². The molecular formula is C8H15N5O. The molecule has 6 nitrogen and oxygen atoms in total. The first-order chi connectivity index (χ1) is 6.50. The fourth-order valence-corrected chi connectivity index (χ4v) is 1.10. The Hall–Kier alpha value is -1.43. The third-order valence-electron chi connectivity index (χ3n) is 1.79. The van der Waals surface area contributed by atoms with Gasteiger partial charge in [0.15, 0.2) is 5.82 Å². The quantitative estimate of drug-likeness (QED) is 0.678. The van der Waals surface area contributed by atoms with Gasteiger partial charge in [0, 0.05) is 7.05 Å². The molecule has 0 spiro atoms. The Morgan fingerprint density at radius 3 is 2.79 bits per heavy atom. The minimum atomic E-state index is -0.486. The Morgan fingerprint density at radius 2 is 2.36 bits per heavy atom. The van der Waals surface area contributed by atoms with Crippen LogP contribution in [0.2, 0.25) is 0 Å². The Kier molecular flexibility index (Phi) is 3.19. The van der Waals surface area contributed by atoms with Crippen molar-refractivity contribution in [3.05, 3.63) is 11.6 Å². The molecule has 0 aliphatic rings. The number of aryl methyl sites for hydroxylation is 1. The topological polar surface area (TPSA) is 87.9 Å². The molecule has 0 saturated carbocycles. The molecule has 1 aromatic heterocycles. The third kappa shape index (κ3) is 2.53. The molecule has 0 radical (unpaired) electrons. The summed E-state index contributed by atoms with van der Waals surface area (Å²) in [5, 5.41) is 6.64. The Bertz CT molecular complexity index is 319. The molecule has 0 unspecified atom stereocenters. The van der Waals surface area contributed by atoms with Crippen LogP contribution in [0.5, 0.6) is 0 Å². The van der Waals surface area contributed by atoms with Gasteiger partial charge in [0.2, 0.25) is 5.91 Å². The van der Waals surface area contributed by atoms with Crippen LogP contribution >= 0.6 is 0 Å². The van der Waals surface area contributed by atoms with Crippen molar-refractivity contribution < 1.29 is 4.79 Å². The van der Waals surface area contributed by atoms with Crippen molar-refractivity contribution in [1.82, 2.24) is 20.1 Å². The molecule has 1 aromatic rings. The zero-order chi connectivity index (χ0) is 10.7. The van der Waals surface area contributed by atoms with E-state index in [4.69, 9.17) is 5.73 Å². The number of rotatable bonds is 3. The standard InChI is InChI=1S/C8H15N5O/c1-5(9)8(14)13(3)4-7-10-6(2)11-12-7/h5H,4,9H2,1-3H3,(H,10,11,12)/t5-/m1/s1. The molecule has 78 valence electrons. The molecule has 0 fully saturated rings. The highest BCUT2D eigenvalue weighted by atomic mass is 16.2. The maximum atomic E-state index is 11.4. The summed E-state index contributed by atoms with van der Waals surface area (Å²) in [6, 6.07) is -0.486. The van der Waals surface area contributed by atoms with E-state index in [0.29, 0.717) is 12.4 Å². The second-order valence-electron chi connectivity index (χ2n) is 3.32. The molecule has 1 amide bonds. The number of hydrogen-bond acceptors (Lipinski definition) is 4. The summed E-state index contributed by atoms with van der Waals surface area (Å²) in [7, 11) is 1.68. The molecule has 1 heterocycles. The van der Waals surface area contributed by atoms with Crippen LogP contribution in [0, 0.1) is 6.92 Å². The van der Waals surface area contributed by atoms with Crippen molar-refractivity contribution in [2.75, 3.05) is 7.05 Å². The maximum absolute atomic E-state index is 11.4. The van der Waals surface area contributed by atoms with E-state index in [1.165, 1.54) is 4.90 Å². The lowest BCUT2D eigenvalue weighted by Crippen LogP contribution is -2.39. The van der Waals surface area contributed by atoms with Crippen LogP contribution in [-0.4, -0.2) is 39.1 Å². The maximum Gasteiger partial charge on any atom is 0.239 e. The van der Waals surface area contributed by atoms with E-state index in [-0.39, 0.29) is 5.91 Å². The van der Waals surface area contributed by atoms with Crippen molar-refractivity contribution in [3.63, 3.8) is 0 Å². The molecular weight excluding hydrogens is 182 g/mol. The van der Waals surface area contributed by atoms with Gasteiger partial charge in [-0.3, -0.25) is 9.89 Å². The van der Waals surface area contributed by atoms with E-state index < -0.39 is 6.04 Å². The minimum Gasteiger partial charge on any atom is -0.337 e. The van der Waals surface area contributed by atoms with Crippen molar-refractivity contribution in [2.45, 2.75) is 26.4 Å². The van der Waals surface area contributed by atoms with Crippen molar-refractivity contribution in [3.8, 4) is 0 Å². The highest BCUT2D eigenvalue weighted by Gasteiger charge is 2.14. The van der Waals surface area contributed by atoms with Gasteiger partial charge in [0.1, 0.15) is 5.82 Å². The van der Waals surface area contributed by atoms with E-state index >= 15 is 0 Å². The number of carbonyl (C=O) groups excluding carboxylic acids is 1. The number of hydrogen-bond donors (Lipinski definition) is 2. The van der Waals surface area contributed by atoms with Gasteiger partial charge in [-0.2, -0.15) is 5.10 Å². The van der Waals surface area contributed by atoms with Crippen LogP contribution in [0.3, 0.4) is 0 Å². The molecule has 3 N–H and O–H groups in total. The normalized spacial score (nSPS) is 12.6. The fourth-order valence-electron chi connectivity index (χ4n) is 1.10. The first kappa shape index (κ1) is 10.6. The van der Waals surface area contributed by atoms with Gasteiger partial charge in [-0.15, -0.1) is 0 Å². The number of aromatic amines is 1. The summed E-state index contributed by atoms with van der Waals surface area (Å²) in [5.41, 5.74) is 5.46. The minimum absolute atomic E-state index is 0.118. The number of nitrogens with two attached hydrogens (primary N) is 1. The predicted molar refractivity (Wildman–Crippen MR) is 51.2 cm³/mol.